The average molecular weight is 372 g/mol. The Bertz CT molecular complexity index is 939. The normalized spacial score (nSPS) is 11.3. The zero-order valence-corrected chi connectivity index (χ0v) is 14.9. The summed E-state index contributed by atoms with van der Waals surface area (Å²) in [5.74, 6) is 1.53. The average Bonchev–Trinajstić information content (AvgIpc) is 2.59. The van der Waals surface area contributed by atoms with E-state index in [9.17, 15) is 13.2 Å². The van der Waals surface area contributed by atoms with E-state index in [2.05, 4.69) is 26.7 Å². The van der Waals surface area contributed by atoms with Crippen LogP contribution in [0.25, 0.3) is 0 Å². The lowest BCUT2D eigenvalue weighted by molar-refractivity contribution is -0.137. The van der Waals surface area contributed by atoms with E-state index in [0.717, 1.165) is 17.7 Å². The number of rotatable bonds is 5. The number of anilines is 3. The molecule has 3 aromatic rings. The van der Waals surface area contributed by atoms with E-state index in [1.807, 2.05) is 25.1 Å². The highest BCUT2D eigenvalue weighted by Crippen LogP contribution is 2.31. The summed E-state index contributed by atoms with van der Waals surface area (Å²) in [5.41, 5.74) is 1.88. The van der Waals surface area contributed by atoms with E-state index in [1.165, 1.54) is 11.6 Å². The largest absolute Gasteiger partial charge is 0.416 e. The summed E-state index contributed by atoms with van der Waals surface area (Å²) >= 11 is 0. The van der Waals surface area contributed by atoms with E-state index in [4.69, 9.17) is 0 Å². The number of hydrogen-bond acceptors (Lipinski definition) is 4. The lowest BCUT2D eigenvalue weighted by Crippen LogP contribution is -2.07. The predicted molar refractivity (Wildman–Crippen MR) is 100 cm³/mol. The van der Waals surface area contributed by atoms with Crippen molar-refractivity contribution in [2.75, 3.05) is 10.6 Å². The van der Waals surface area contributed by atoms with Gasteiger partial charge in [0.2, 0.25) is 0 Å². The quantitative estimate of drug-likeness (QED) is 0.624. The van der Waals surface area contributed by atoms with E-state index in [0.29, 0.717) is 29.7 Å². The molecule has 7 heteroatoms. The third-order valence-electron chi connectivity index (χ3n) is 3.86. The molecule has 0 aliphatic carbocycles. The molecule has 27 heavy (non-hydrogen) atoms. The molecule has 2 N–H and O–H groups in total. The van der Waals surface area contributed by atoms with Gasteiger partial charge in [0.15, 0.2) is 0 Å². The maximum atomic E-state index is 12.9. The molecule has 0 fully saturated rings. The predicted octanol–water partition coefficient (Wildman–Crippen LogP) is 5.47. The van der Waals surface area contributed by atoms with E-state index < -0.39 is 11.7 Å². The summed E-state index contributed by atoms with van der Waals surface area (Å²) < 4.78 is 38.6. The van der Waals surface area contributed by atoms with Crippen LogP contribution in [-0.2, 0) is 12.7 Å². The van der Waals surface area contributed by atoms with Crippen LogP contribution in [0.1, 0.15) is 22.5 Å². The van der Waals surface area contributed by atoms with Gasteiger partial charge in [-0.15, -0.1) is 0 Å². The monoisotopic (exact) mass is 372 g/mol. The fourth-order valence-electron chi connectivity index (χ4n) is 2.66. The molecule has 0 saturated carbocycles. The summed E-state index contributed by atoms with van der Waals surface area (Å²) in [7, 11) is 0. The molecule has 140 valence electrons. The molecule has 2 aromatic carbocycles. The van der Waals surface area contributed by atoms with Crippen LogP contribution < -0.4 is 10.6 Å². The standard InChI is InChI=1S/C20H19F3N4/c1-13-5-3-6-15(9-13)12-24-18-11-19(26-14(2)25-18)27-17-8-4-7-16(10-17)20(21,22)23/h3-11H,12H2,1-2H3,(H2,24,25,26,27). The maximum Gasteiger partial charge on any atom is 0.416 e. The van der Waals surface area contributed by atoms with E-state index in [-0.39, 0.29) is 0 Å². The first kappa shape index (κ1) is 18.7. The lowest BCUT2D eigenvalue weighted by Gasteiger charge is -2.12. The van der Waals surface area contributed by atoms with Crippen LogP contribution in [0.2, 0.25) is 0 Å². The molecule has 0 amide bonds. The highest BCUT2D eigenvalue weighted by Gasteiger charge is 2.30. The summed E-state index contributed by atoms with van der Waals surface area (Å²) in [5, 5.41) is 6.13. The first-order valence-corrected chi connectivity index (χ1v) is 8.39. The molecule has 3 rings (SSSR count). The molecule has 0 radical (unpaired) electrons. The molecule has 0 unspecified atom stereocenters. The molecule has 4 nitrogen and oxygen atoms in total. The van der Waals surface area contributed by atoms with Crippen molar-refractivity contribution in [2.45, 2.75) is 26.6 Å². The van der Waals surface area contributed by atoms with E-state index >= 15 is 0 Å². The van der Waals surface area contributed by atoms with Gasteiger partial charge in [0, 0.05) is 18.3 Å². The summed E-state index contributed by atoms with van der Waals surface area (Å²) in [6.07, 6.45) is -4.39. The number of nitrogens with zero attached hydrogens (tertiary/aromatic N) is 2. The van der Waals surface area contributed by atoms with Gasteiger partial charge in [-0.25, -0.2) is 9.97 Å². The van der Waals surface area contributed by atoms with Gasteiger partial charge in [0.1, 0.15) is 17.5 Å². The SMILES string of the molecule is Cc1cccc(CNc2cc(Nc3cccc(C(F)(F)F)c3)nc(C)n2)c1. The summed E-state index contributed by atoms with van der Waals surface area (Å²) in [6.45, 7) is 4.34. The van der Waals surface area contributed by atoms with Gasteiger partial charge in [-0.1, -0.05) is 35.9 Å². The van der Waals surface area contributed by atoms with Crippen molar-refractivity contribution in [1.82, 2.24) is 9.97 Å². The number of aryl methyl sites for hydroxylation is 2. The molecule has 0 atom stereocenters. The molecule has 0 aliphatic heterocycles. The second-order valence-electron chi connectivity index (χ2n) is 6.23. The van der Waals surface area contributed by atoms with Crippen molar-refractivity contribution in [3.05, 3.63) is 77.1 Å². The van der Waals surface area contributed by atoms with Gasteiger partial charge in [0.25, 0.3) is 0 Å². The minimum atomic E-state index is -4.39. The molecule has 1 heterocycles. The molecule has 0 aliphatic rings. The summed E-state index contributed by atoms with van der Waals surface area (Å²) in [6, 6.07) is 14.8. The zero-order chi connectivity index (χ0) is 19.4. The first-order valence-electron chi connectivity index (χ1n) is 8.39. The van der Waals surface area contributed by atoms with Crippen LogP contribution in [0, 0.1) is 13.8 Å². The highest BCUT2D eigenvalue weighted by molar-refractivity contribution is 5.60. The molecular weight excluding hydrogens is 353 g/mol. The molecule has 0 saturated heterocycles. The number of alkyl halides is 3. The van der Waals surface area contributed by atoms with Gasteiger partial charge < -0.3 is 10.6 Å². The minimum Gasteiger partial charge on any atom is -0.366 e. The zero-order valence-electron chi connectivity index (χ0n) is 14.9. The Hall–Kier alpha value is -3.09. The molecule has 0 bridgehead atoms. The fourth-order valence-corrected chi connectivity index (χ4v) is 2.66. The Morgan fingerprint density at radius 2 is 1.63 bits per heavy atom. The number of aromatic nitrogens is 2. The van der Waals surface area contributed by atoms with Gasteiger partial charge in [-0.3, -0.25) is 0 Å². The van der Waals surface area contributed by atoms with Crippen molar-refractivity contribution in [1.29, 1.82) is 0 Å². The van der Waals surface area contributed by atoms with E-state index in [1.54, 1.807) is 19.1 Å². The number of nitrogens with one attached hydrogen (secondary N) is 2. The number of benzene rings is 2. The van der Waals surface area contributed by atoms with Crippen LogP contribution >= 0.6 is 0 Å². The second kappa shape index (κ2) is 7.65. The van der Waals surface area contributed by atoms with Crippen molar-refractivity contribution in [3.8, 4) is 0 Å². The van der Waals surface area contributed by atoms with Crippen LogP contribution in [0.3, 0.4) is 0 Å². The number of halogens is 3. The van der Waals surface area contributed by atoms with Crippen molar-refractivity contribution in [2.24, 2.45) is 0 Å². The van der Waals surface area contributed by atoms with Crippen LogP contribution in [0.15, 0.2) is 54.6 Å². The maximum absolute atomic E-state index is 12.9. The summed E-state index contributed by atoms with van der Waals surface area (Å²) in [4.78, 5) is 8.57. The van der Waals surface area contributed by atoms with Crippen molar-refractivity contribution in [3.63, 3.8) is 0 Å². The second-order valence-corrected chi connectivity index (χ2v) is 6.23. The Morgan fingerprint density at radius 1 is 0.889 bits per heavy atom. The topological polar surface area (TPSA) is 49.8 Å². The lowest BCUT2D eigenvalue weighted by atomic mass is 10.1. The Morgan fingerprint density at radius 3 is 2.37 bits per heavy atom. The van der Waals surface area contributed by atoms with Gasteiger partial charge >= 0.3 is 6.18 Å². The van der Waals surface area contributed by atoms with Crippen molar-refractivity contribution >= 4 is 17.3 Å². The van der Waals surface area contributed by atoms with Crippen LogP contribution in [-0.4, -0.2) is 9.97 Å². The smallest absolute Gasteiger partial charge is 0.366 e. The Labute approximate surface area is 155 Å². The Balaban J connectivity index is 1.75. The Kier molecular flexibility index (Phi) is 5.30. The third-order valence-corrected chi connectivity index (χ3v) is 3.86. The minimum absolute atomic E-state index is 0.313. The van der Waals surface area contributed by atoms with Crippen LogP contribution in [0.5, 0.6) is 0 Å². The van der Waals surface area contributed by atoms with Gasteiger partial charge in [0.05, 0.1) is 5.56 Å². The van der Waals surface area contributed by atoms with Crippen LogP contribution in [0.4, 0.5) is 30.5 Å². The van der Waals surface area contributed by atoms with Crippen molar-refractivity contribution < 1.29 is 13.2 Å². The first-order chi connectivity index (χ1) is 12.8. The molecular formula is C20H19F3N4. The highest BCUT2D eigenvalue weighted by atomic mass is 19.4. The fraction of sp³-hybridized carbons (Fsp3) is 0.200. The molecule has 0 spiro atoms. The number of hydrogen-bond donors (Lipinski definition) is 2. The van der Waals surface area contributed by atoms with Gasteiger partial charge in [-0.2, -0.15) is 13.2 Å². The third kappa shape index (κ3) is 5.20. The molecule has 1 aromatic heterocycles. The van der Waals surface area contributed by atoms with Gasteiger partial charge in [-0.05, 0) is 37.6 Å².